The van der Waals surface area contributed by atoms with Gasteiger partial charge in [-0.05, 0) is 40.9 Å². The number of pyridine rings is 1. The normalized spacial score (nSPS) is 17.4. The summed E-state index contributed by atoms with van der Waals surface area (Å²) in [4.78, 5) is 18.5. The maximum atomic E-state index is 12.0. The van der Waals surface area contributed by atoms with E-state index in [1.807, 2.05) is 25.1 Å². The summed E-state index contributed by atoms with van der Waals surface area (Å²) in [5.74, 6) is 0.408. The van der Waals surface area contributed by atoms with Crippen molar-refractivity contribution in [3.8, 4) is 0 Å². The van der Waals surface area contributed by atoms with Crippen LogP contribution in [0.3, 0.4) is 0 Å². The lowest BCUT2D eigenvalue weighted by Crippen LogP contribution is -2.35. The zero-order chi connectivity index (χ0) is 18.7. The minimum atomic E-state index is -0.943. The number of hydrogen-bond acceptors (Lipinski definition) is 6. The third-order valence-corrected chi connectivity index (χ3v) is 3.89. The molecule has 0 spiro atoms. The number of nitrogens with one attached hydrogen (secondary N) is 1. The number of rotatable bonds is 4. The molecule has 0 saturated carbocycles. The summed E-state index contributed by atoms with van der Waals surface area (Å²) in [6.07, 6.45) is 0.523. The molecule has 0 bridgehead atoms. The summed E-state index contributed by atoms with van der Waals surface area (Å²) in [6.45, 7) is 7.03. The van der Waals surface area contributed by atoms with Crippen LogP contribution in [0, 0.1) is 0 Å². The molecule has 0 unspecified atom stereocenters. The molecule has 7 nitrogen and oxygen atoms in total. The second kappa shape index (κ2) is 7.68. The molecule has 2 N–H and O–H groups in total. The van der Waals surface area contributed by atoms with Crippen molar-refractivity contribution in [1.29, 1.82) is 0 Å². The van der Waals surface area contributed by atoms with Gasteiger partial charge in [0.1, 0.15) is 11.4 Å². The molecule has 1 amide bonds. The van der Waals surface area contributed by atoms with Crippen LogP contribution >= 0.6 is 0 Å². The fourth-order valence-electron chi connectivity index (χ4n) is 2.80. The molecule has 1 aromatic rings. The smallest absolute Gasteiger partial charge is 0.413 e. The highest BCUT2D eigenvalue weighted by atomic mass is 16.6. The Morgan fingerprint density at radius 2 is 2.00 bits per heavy atom. The standard InChI is InChI=1S/C18H29N3O4/c1-17(2,3)25-16(22)20-15-7-6-13(14(19-15)12-21(4)5)18(23)8-10-24-11-9-18/h6-7,23H,8-12H2,1-5H3,(H,19,20,22). The second-order valence-electron chi connectivity index (χ2n) is 7.70. The molecule has 1 aliphatic heterocycles. The number of anilines is 1. The maximum absolute atomic E-state index is 12.0. The number of amides is 1. The molecule has 2 heterocycles. The van der Waals surface area contributed by atoms with Gasteiger partial charge in [-0.3, -0.25) is 5.32 Å². The van der Waals surface area contributed by atoms with E-state index < -0.39 is 17.3 Å². The van der Waals surface area contributed by atoms with Crippen molar-refractivity contribution in [2.75, 3.05) is 32.6 Å². The van der Waals surface area contributed by atoms with Gasteiger partial charge in [-0.1, -0.05) is 6.07 Å². The van der Waals surface area contributed by atoms with Crippen molar-refractivity contribution in [2.24, 2.45) is 0 Å². The molecule has 1 fully saturated rings. The first-order valence-electron chi connectivity index (χ1n) is 8.54. The van der Waals surface area contributed by atoms with Crippen LogP contribution in [0.2, 0.25) is 0 Å². The number of ether oxygens (including phenoxy) is 2. The summed E-state index contributed by atoms with van der Waals surface area (Å²) >= 11 is 0. The summed E-state index contributed by atoms with van der Waals surface area (Å²) in [5, 5.41) is 13.7. The van der Waals surface area contributed by atoms with Crippen LogP contribution in [0.5, 0.6) is 0 Å². The highest BCUT2D eigenvalue weighted by molar-refractivity contribution is 5.83. The average Bonchev–Trinajstić information content (AvgIpc) is 2.45. The van der Waals surface area contributed by atoms with Gasteiger partial charge in [-0.15, -0.1) is 0 Å². The van der Waals surface area contributed by atoms with Crippen molar-refractivity contribution in [1.82, 2.24) is 9.88 Å². The lowest BCUT2D eigenvalue weighted by atomic mass is 9.85. The van der Waals surface area contributed by atoms with E-state index in [0.717, 1.165) is 11.3 Å². The second-order valence-corrected chi connectivity index (χ2v) is 7.70. The van der Waals surface area contributed by atoms with Crippen LogP contribution in [-0.4, -0.2) is 54.0 Å². The van der Waals surface area contributed by atoms with Crippen LogP contribution in [0.4, 0.5) is 10.6 Å². The molecular formula is C18H29N3O4. The van der Waals surface area contributed by atoms with Crippen LogP contribution in [0.25, 0.3) is 0 Å². The molecular weight excluding hydrogens is 322 g/mol. The fraction of sp³-hybridized carbons (Fsp3) is 0.667. The van der Waals surface area contributed by atoms with E-state index in [4.69, 9.17) is 9.47 Å². The predicted octanol–water partition coefficient (Wildman–Crippen LogP) is 2.49. The van der Waals surface area contributed by atoms with Crippen LogP contribution in [-0.2, 0) is 21.6 Å². The molecule has 1 saturated heterocycles. The molecule has 0 atom stereocenters. The Hall–Kier alpha value is -1.70. The van der Waals surface area contributed by atoms with E-state index in [-0.39, 0.29) is 0 Å². The maximum Gasteiger partial charge on any atom is 0.413 e. The largest absolute Gasteiger partial charge is 0.444 e. The van der Waals surface area contributed by atoms with Gasteiger partial charge >= 0.3 is 6.09 Å². The van der Waals surface area contributed by atoms with E-state index in [0.29, 0.717) is 38.4 Å². The Balaban J connectivity index is 2.25. The third kappa shape index (κ3) is 5.66. The first-order valence-corrected chi connectivity index (χ1v) is 8.54. The quantitative estimate of drug-likeness (QED) is 0.867. The lowest BCUT2D eigenvalue weighted by Gasteiger charge is -2.34. The van der Waals surface area contributed by atoms with Gasteiger partial charge in [0.05, 0.1) is 11.3 Å². The molecule has 140 valence electrons. The average molecular weight is 351 g/mol. The van der Waals surface area contributed by atoms with E-state index in [2.05, 4.69) is 10.3 Å². The third-order valence-electron chi connectivity index (χ3n) is 3.89. The number of carbonyl (C=O) groups excluding carboxylic acids is 1. The number of hydrogen-bond donors (Lipinski definition) is 2. The van der Waals surface area contributed by atoms with Crippen molar-refractivity contribution in [2.45, 2.75) is 51.4 Å². The lowest BCUT2D eigenvalue weighted by molar-refractivity contribution is -0.0688. The summed E-state index contributed by atoms with van der Waals surface area (Å²) in [7, 11) is 3.88. The zero-order valence-corrected chi connectivity index (χ0v) is 15.8. The van der Waals surface area contributed by atoms with Gasteiger partial charge in [0.2, 0.25) is 0 Å². The number of aliphatic hydroxyl groups is 1. The minimum absolute atomic E-state index is 0.408. The van der Waals surface area contributed by atoms with E-state index in [1.54, 1.807) is 26.8 Å². The monoisotopic (exact) mass is 351 g/mol. The van der Waals surface area contributed by atoms with Crippen LogP contribution in [0.1, 0.15) is 44.9 Å². The van der Waals surface area contributed by atoms with Gasteiger partial charge in [0.25, 0.3) is 0 Å². The number of carbonyl (C=O) groups is 1. The first-order chi connectivity index (χ1) is 11.6. The zero-order valence-electron chi connectivity index (χ0n) is 15.8. The molecule has 0 aliphatic carbocycles. The fourth-order valence-corrected chi connectivity index (χ4v) is 2.80. The Bertz CT molecular complexity index is 605. The van der Waals surface area contributed by atoms with Crippen LogP contribution in [0.15, 0.2) is 12.1 Å². The first kappa shape index (κ1) is 19.6. The van der Waals surface area contributed by atoms with Gasteiger partial charge in [-0.25, -0.2) is 9.78 Å². The van der Waals surface area contributed by atoms with Crippen molar-refractivity contribution >= 4 is 11.9 Å². The molecule has 25 heavy (non-hydrogen) atoms. The Kier molecular flexibility index (Phi) is 6.03. The predicted molar refractivity (Wildman–Crippen MR) is 95.4 cm³/mol. The van der Waals surface area contributed by atoms with Crippen molar-refractivity contribution in [3.63, 3.8) is 0 Å². The van der Waals surface area contributed by atoms with Crippen molar-refractivity contribution < 1.29 is 19.4 Å². The minimum Gasteiger partial charge on any atom is -0.444 e. The molecule has 1 aromatic heterocycles. The van der Waals surface area contributed by atoms with E-state index >= 15 is 0 Å². The Morgan fingerprint density at radius 1 is 1.36 bits per heavy atom. The molecule has 2 rings (SSSR count). The van der Waals surface area contributed by atoms with Gasteiger partial charge < -0.3 is 19.5 Å². The summed E-state index contributed by atoms with van der Waals surface area (Å²) in [5.41, 5.74) is 0.0108. The van der Waals surface area contributed by atoms with E-state index in [9.17, 15) is 9.90 Å². The van der Waals surface area contributed by atoms with Gasteiger partial charge in [0, 0.05) is 38.2 Å². The van der Waals surface area contributed by atoms with E-state index in [1.165, 1.54) is 0 Å². The molecule has 7 heteroatoms. The SMILES string of the molecule is CN(C)Cc1nc(NC(=O)OC(C)(C)C)ccc1C1(O)CCOCC1. The highest BCUT2D eigenvalue weighted by Crippen LogP contribution is 2.34. The Morgan fingerprint density at radius 3 is 2.56 bits per heavy atom. The molecule has 1 aliphatic rings. The molecule has 0 aromatic carbocycles. The number of nitrogens with zero attached hydrogens (tertiary/aromatic N) is 2. The topological polar surface area (TPSA) is 83.9 Å². The number of aromatic nitrogens is 1. The molecule has 0 radical (unpaired) electrons. The van der Waals surface area contributed by atoms with Crippen LogP contribution < -0.4 is 5.32 Å². The highest BCUT2D eigenvalue weighted by Gasteiger charge is 2.34. The Labute approximate surface area is 149 Å². The van der Waals surface area contributed by atoms with Gasteiger partial charge in [-0.2, -0.15) is 0 Å². The summed E-state index contributed by atoms with van der Waals surface area (Å²) < 4.78 is 10.6. The summed E-state index contributed by atoms with van der Waals surface area (Å²) in [6, 6.07) is 3.54. The van der Waals surface area contributed by atoms with Crippen molar-refractivity contribution in [3.05, 3.63) is 23.4 Å². The van der Waals surface area contributed by atoms with Gasteiger partial charge in [0.15, 0.2) is 0 Å².